The monoisotopic (exact) mass is 536 g/mol. The van der Waals surface area contributed by atoms with E-state index in [4.69, 9.17) is 0 Å². The van der Waals surface area contributed by atoms with E-state index in [-0.39, 0.29) is 17.4 Å². The third kappa shape index (κ3) is 6.50. The van der Waals surface area contributed by atoms with Crippen molar-refractivity contribution in [1.82, 2.24) is 19.1 Å². The van der Waals surface area contributed by atoms with E-state index in [2.05, 4.69) is 34.5 Å². The molecule has 0 N–H and O–H groups in total. The SMILES string of the molecule is Cc1ccc(S(=O)(=O)N(CCC(c2ccccc2)c2ccccc2)Cc2nncn2Cc2ccccc2)cc1. The van der Waals surface area contributed by atoms with Crippen LogP contribution in [0.5, 0.6) is 0 Å². The maximum absolute atomic E-state index is 14.0. The van der Waals surface area contributed by atoms with E-state index in [1.807, 2.05) is 90.4 Å². The Bertz CT molecular complexity index is 1530. The summed E-state index contributed by atoms with van der Waals surface area (Å²) in [4.78, 5) is 0.276. The van der Waals surface area contributed by atoms with Gasteiger partial charge in [0.15, 0.2) is 0 Å². The van der Waals surface area contributed by atoms with Crippen LogP contribution in [0.15, 0.2) is 126 Å². The third-order valence-electron chi connectivity index (χ3n) is 6.94. The van der Waals surface area contributed by atoms with Gasteiger partial charge < -0.3 is 4.57 Å². The van der Waals surface area contributed by atoms with Gasteiger partial charge in [-0.05, 0) is 42.2 Å². The summed E-state index contributed by atoms with van der Waals surface area (Å²) in [6, 6.07) is 37.6. The van der Waals surface area contributed by atoms with E-state index in [1.54, 1.807) is 22.8 Å². The van der Waals surface area contributed by atoms with Crippen LogP contribution in [0.2, 0.25) is 0 Å². The molecule has 1 aromatic heterocycles. The van der Waals surface area contributed by atoms with Gasteiger partial charge in [-0.1, -0.05) is 109 Å². The maximum Gasteiger partial charge on any atom is 0.243 e. The van der Waals surface area contributed by atoms with Crippen molar-refractivity contribution >= 4 is 10.0 Å². The minimum Gasteiger partial charge on any atom is -0.312 e. The lowest BCUT2D eigenvalue weighted by atomic mass is 9.88. The number of benzene rings is 4. The van der Waals surface area contributed by atoms with Crippen LogP contribution in [0.4, 0.5) is 0 Å². The van der Waals surface area contributed by atoms with E-state index < -0.39 is 10.0 Å². The Labute approximate surface area is 230 Å². The van der Waals surface area contributed by atoms with Crippen LogP contribution in [-0.4, -0.2) is 34.0 Å². The van der Waals surface area contributed by atoms with Crippen molar-refractivity contribution in [2.45, 2.75) is 37.2 Å². The highest BCUT2D eigenvalue weighted by molar-refractivity contribution is 7.89. The van der Waals surface area contributed by atoms with Crippen LogP contribution < -0.4 is 0 Å². The molecule has 0 bridgehead atoms. The molecule has 4 aromatic carbocycles. The summed E-state index contributed by atoms with van der Waals surface area (Å²) >= 11 is 0. The number of hydrogen-bond donors (Lipinski definition) is 0. The lowest BCUT2D eigenvalue weighted by Crippen LogP contribution is -2.33. The summed E-state index contributed by atoms with van der Waals surface area (Å²) in [5.74, 6) is 0.649. The van der Waals surface area contributed by atoms with Gasteiger partial charge in [0, 0.05) is 12.5 Å². The molecule has 39 heavy (non-hydrogen) atoms. The fourth-order valence-corrected chi connectivity index (χ4v) is 6.19. The van der Waals surface area contributed by atoms with Crippen LogP contribution in [-0.2, 0) is 23.1 Å². The lowest BCUT2D eigenvalue weighted by molar-refractivity contribution is 0.378. The minimum atomic E-state index is -3.79. The summed E-state index contributed by atoms with van der Waals surface area (Å²) in [6.07, 6.45) is 2.28. The van der Waals surface area contributed by atoms with Crippen molar-refractivity contribution in [1.29, 1.82) is 0 Å². The summed E-state index contributed by atoms with van der Waals surface area (Å²) in [5.41, 5.74) is 4.42. The molecule has 0 spiro atoms. The van der Waals surface area contributed by atoms with Crippen molar-refractivity contribution < 1.29 is 8.42 Å². The Morgan fingerprint density at radius 3 is 1.92 bits per heavy atom. The molecule has 0 unspecified atom stereocenters. The van der Waals surface area contributed by atoms with Crippen LogP contribution in [0.25, 0.3) is 0 Å². The number of aryl methyl sites for hydroxylation is 1. The van der Waals surface area contributed by atoms with Gasteiger partial charge in [-0.3, -0.25) is 0 Å². The Kier molecular flexibility index (Phi) is 8.30. The van der Waals surface area contributed by atoms with Crippen LogP contribution in [0.1, 0.15) is 40.4 Å². The summed E-state index contributed by atoms with van der Waals surface area (Å²) in [6.45, 7) is 2.96. The molecule has 1 heterocycles. The smallest absolute Gasteiger partial charge is 0.243 e. The minimum absolute atomic E-state index is 0.0466. The molecule has 0 aliphatic rings. The quantitative estimate of drug-likeness (QED) is 0.206. The highest BCUT2D eigenvalue weighted by Crippen LogP contribution is 2.30. The first kappa shape index (κ1) is 26.5. The van der Waals surface area contributed by atoms with Gasteiger partial charge in [0.25, 0.3) is 0 Å². The van der Waals surface area contributed by atoms with Crippen molar-refractivity contribution in [3.05, 3.63) is 150 Å². The zero-order valence-corrected chi connectivity index (χ0v) is 22.8. The molecule has 0 fully saturated rings. The van der Waals surface area contributed by atoms with Crippen molar-refractivity contribution in [2.24, 2.45) is 0 Å². The predicted molar refractivity (Wildman–Crippen MR) is 154 cm³/mol. The molecule has 0 aliphatic heterocycles. The zero-order chi connectivity index (χ0) is 27.1. The second-order valence-electron chi connectivity index (χ2n) is 9.67. The topological polar surface area (TPSA) is 68.1 Å². The highest BCUT2D eigenvalue weighted by atomic mass is 32.2. The number of sulfonamides is 1. The molecule has 0 aliphatic carbocycles. The van der Waals surface area contributed by atoms with Crippen LogP contribution >= 0.6 is 0 Å². The van der Waals surface area contributed by atoms with E-state index in [0.29, 0.717) is 25.3 Å². The molecule has 0 atom stereocenters. The van der Waals surface area contributed by atoms with E-state index >= 15 is 0 Å². The molecule has 7 heteroatoms. The van der Waals surface area contributed by atoms with Crippen molar-refractivity contribution in [2.75, 3.05) is 6.54 Å². The molecule has 0 saturated heterocycles. The number of hydrogen-bond acceptors (Lipinski definition) is 4. The van der Waals surface area contributed by atoms with Gasteiger partial charge in [0.2, 0.25) is 10.0 Å². The lowest BCUT2D eigenvalue weighted by Gasteiger charge is -2.25. The largest absolute Gasteiger partial charge is 0.312 e. The highest BCUT2D eigenvalue weighted by Gasteiger charge is 2.28. The van der Waals surface area contributed by atoms with Gasteiger partial charge in [-0.2, -0.15) is 4.31 Å². The molecule has 0 saturated carbocycles. The average Bonchev–Trinajstić information content (AvgIpc) is 3.40. The number of nitrogens with zero attached hydrogens (tertiary/aromatic N) is 4. The van der Waals surface area contributed by atoms with Gasteiger partial charge in [-0.25, -0.2) is 8.42 Å². The van der Waals surface area contributed by atoms with Gasteiger partial charge in [-0.15, -0.1) is 10.2 Å². The molecule has 6 nitrogen and oxygen atoms in total. The Morgan fingerprint density at radius 1 is 0.769 bits per heavy atom. The van der Waals surface area contributed by atoms with Crippen molar-refractivity contribution in [3.8, 4) is 0 Å². The first-order valence-corrected chi connectivity index (χ1v) is 14.5. The zero-order valence-electron chi connectivity index (χ0n) is 22.0. The Morgan fingerprint density at radius 2 is 1.33 bits per heavy atom. The number of rotatable bonds is 11. The Hall–Kier alpha value is -4.07. The van der Waals surface area contributed by atoms with E-state index in [0.717, 1.165) is 22.3 Å². The van der Waals surface area contributed by atoms with Gasteiger partial charge in [0.05, 0.1) is 18.0 Å². The average molecular weight is 537 g/mol. The van der Waals surface area contributed by atoms with Crippen LogP contribution in [0, 0.1) is 6.92 Å². The maximum atomic E-state index is 14.0. The second-order valence-corrected chi connectivity index (χ2v) is 11.6. The normalized spacial score (nSPS) is 11.8. The van der Waals surface area contributed by atoms with Gasteiger partial charge >= 0.3 is 0 Å². The van der Waals surface area contributed by atoms with Crippen molar-refractivity contribution in [3.63, 3.8) is 0 Å². The fourth-order valence-electron chi connectivity index (χ4n) is 4.78. The Balaban J connectivity index is 1.46. The van der Waals surface area contributed by atoms with E-state index in [1.165, 1.54) is 0 Å². The second kappa shape index (κ2) is 12.2. The predicted octanol–water partition coefficient (Wildman–Crippen LogP) is 6.05. The van der Waals surface area contributed by atoms with Gasteiger partial charge in [0.1, 0.15) is 12.2 Å². The number of aromatic nitrogens is 3. The summed E-state index contributed by atoms with van der Waals surface area (Å²) < 4.78 is 31.4. The molecule has 5 aromatic rings. The summed E-state index contributed by atoms with van der Waals surface area (Å²) in [5, 5.41) is 8.44. The first-order chi connectivity index (χ1) is 19.0. The first-order valence-electron chi connectivity index (χ1n) is 13.1. The summed E-state index contributed by atoms with van der Waals surface area (Å²) in [7, 11) is -3.79. The molecule has 0 amide bonds. The molecular formula is C32H32N4O2S. The standard InChI is InChI=1S/C32H32N4O2S/c1-26-17-19-30(20-18-26)39(37,38)36(24-32-34-33-25-35(32)23-27-11-5-2-6-12-27)22-21-31(28-13-7-3-8-14-28)29-15-9-4-10-16-29/h2-20,25,31H,21-24H2,1H3. The molecule has 0 radical (unpaired) electrons. The fraction of sp³-hybridized carbons (Fsp3) is 0.188. The third-order valence-corrected chi connectivity index (χ3v) is 8.80. The molecule has 198 valence electrons. The van der Waals surface area contributed by atoms with Crippen LogP contribution in [0.3, 0.4) is 0 Å². The molecular weight excluding hydrogens is 504 g/mol. The van der Waals surface area contributed by atoms with E-state index in [9.17, 15) is 8.42 Å². The molecule has 5 rings (SSSR count).